The largest absolute Gasteiger partial charge is 0.453 e. The third kappa shape index (κ3) is 0.764. The molecule has 0 heterocycles. The highest BCUT2D eigenvalue weighted by Crippen LogP contribution is 2.81. The van der Waals surface area contributed by atoms with Crippen molar-refractivity contribution in [2.45, 2.75) is 31.7 Å². The van der Waals surface area contributed by atoms with Gasteiger partial charge in [0.15, 0.2) is 0 Å². The zero-order chi connectivity index (χ0) is 9.81. The molecule has 3 aliphatic rings. The summed E-state index contributed by atoms with van der Waals surface area (Å²) in [5, 5.41) is 2.95. The molecule has 1 N–H and O–H groups in total. The third-order valence-corrected chi connectivity index (χ3v) is 4.48. The molecular weight excluding hydrogens is 178 g/mol. The third-order valence-electron chi connectivity index (χ3n) is 4.48. The normalized spacial score (nSPS) is 47.1. The van der Waals surface area contributed by atoms with Crippen LogP contribution in [-0.4, -0.2) is 19.2 Å². The summed E-state index contributed by atoms with van der Waals surface area (Å²) >= 11 is 0. The molecule has 3 heteroatoms. The molecule has 0 bridgehead atoms. The first-order chi connectivity index (χ1) is 6.72. The maximum Gasteiger partial charge on any atom is 0.407 e. The summed E-state index contributed by atoms with van der Waals surface area (Å²) in [5.74, 6) is 0. The van der Waals surface area contributed by atoms with Gasteiger partial charge in [0.2, 0.25) is 0 Å². The van der Waals surface area contributed by atoms with Crippen molar-refractivity contribution in [2.75, 3.05) is 7.11 Å². The van der Waals surface area contributed by atoms with Crippen LogP contribution < -0.4 is 5.32 Å². The van der Waals surface area contributed by atoms with Crippen molar-refractivity contribution in [1.29, 1.82) is 0 Å². The van der Waals surface area contributed by atoms with Gasteiger partial charge < -0.3 is 10.1 Å². The van der Waals surface area contributed by atoms with Gasteiger partial charge in [-0.15, -0.1) is 0 Å². The highest BCUT2D eigenvalue weighted by Gasteiger charge is 2.78. The average molecular weight is 193 g/mol. The lowest BCUT2D eigenvalue weighted by molar-refractivity contribution is 0.0907. The molecule has 0 aliphatic heterocycles. The van der Waals surface area contributed by atoms with Crippen LogP contribution >= 0.6 is 0 Å². The fraction of sp³-hybridized carbons (Fsp3) is 0.727. The quantitative estimate of drug-likeness (QED) is 0.645. The Bertz CT molecular complexity index is 325. The first-order valence-corrected chi connectivity index (χ1v) is 5.22. The Kier molecular flexibility index (Phi) is 1.38. The Labute approximate surface area is 83.5 Å². The molecule has 1 amide bonds. The lowest BCUT2D eigenvalue weighted by Crippen LogP contribution is -2.52. The summed E-state index contributed by atoms with van der Waals surface area (Å²) in [6.07, 6.45) is 9.07. The maximum atomic E-state index is 11.1. The van der Waals surface area contributed by atoms with Gasteiger partial charge in [-0.1, -0.05) is 12.2 Å². The number of carbonyl (C=O) groups is 1. The van der Waals surface area contributed by atoms with Crippen molar-refractivity contribution in [2.24, 2.45) is 10.8 Å². The van der Waals surface area contributed by atoms with Crippen LogP contribution in [-0.2, 0) is 4.74 Å². The van der Waals surface area contributed by atoms with Crippen molar-refractivity contribution in [3.05, 3.63) is 12.2 Å². The molecule has 0 saturated heterocycles. The second-order valence-corrected chi connectivity index (χ2v) is 4.89. The Morgan fingerprint density at radius 1 is 1.50 bits per heavy atom. The minimum absolute atomic E-state index is 0.278. The van der Waals surface area contributed by atoms with E-state index in [0.717, 1.165) is 12.8 Å². The molecule has 3 atom stereocenters. The van der Waals surface area contributed by atoms with Crippen LogP contribution in [0.2, 0.25) is 0 Å². The molecule has 2 fully saturated rings. The van der Waals surface area contributed by atoms with Crippen molar-refractivity contribution in [3.8, 4) is 0 Å². The van der Waals surface area contributed by atoms with E-state index in [9.17, 15) is 4.79 Å². The number of nitrogens with one attached hydrogen (secondary N) is 1. The number of hydrogen-bond acceptors (Lipinski definition) is 2. The highest BCUT2D eigenvalue weighted by atomic mass is 16.5. The fourth-order valence-corrected chi connectivity index (χ4v) is 3.57. The molecule has 0 radical (unpaired) electrons. The van der Waals surface area contributed by atoms with E-state index in [0.29, 0.717) is 16.9 Å². The van der Waals surface area contributed by atoms with Crippen LogP contribution in [0.1, 0.15) is 25.7 Å². The van der Waals surface area contributed by atoms with E-state index in [1.165, 1.54) is 20.0 Å². The topological polar surface area (TPSA) is 38.3 Å². The van der Waals surface area contributed by atoms with Gasteiger partial charge in [-0.2, -0.15) is 0 Å². The second-order valence-electron chi connectivity index (χ2n) is 4.89. The van der Waals surface area contributed by atoms with E-state index in [1.807, 2.05) is 0 Å². The molecule has 3 nitrogen and oxygen atoms in total. The predicted molar refractivity (Wildman–Crippen MR) is 51.8 cm³/mol. The summed E-state index contributed by atoms with van der Waals surface area (Å²) in [4.78, 5) is 11.1. The lowest BCUT2D eigenvalue weighted by Gasteiger charge is -2.45. The molecule has 3 unspecified atom stereocenters. The van der Waals surface area contributed by atoms with E-state index in [4.69, 9.17) is 0 Å². The molecule has 0 aromatic carbocycles. The SMILES string of the molecule is COC(=O)NC1CC23CC=CCC12C3. The molecule has 3 rings (SSSR count). The number of hydrogen-bond donors (Lipinski definition) is 1. The van der Waals surface area contributed by atoms with E-state index in [-0.39, 0.29) is 6.09 Å². The highest BCUT2D eigenvalue weighted by molar-refractivity contribution is 5.68. The van der Waals surface area contributed by atoms with Crippen molar-refractivity contribution in [3.63, 3.8) is 0 Å². The lowest BCUT2D eigenvalue weighted by atomic mass is 9.64. The Morgan fingerprint density at radius 2 is 2.29 bits per heavy atom. The monoisotopic (exact) mass is 193 g/mol. The smallest absolute Gasteiger partial charge is 0.407 e. The zero-order valence-corrected chi connectivity index (χ0v) is 8.38. The van der Waals surface area contributed by atoms with Crippen LogP contribution in [0.3, 0.4) is 0 Å². The molecule has 76 valence electrons. The standard InChI is InChI=1S/C11H15NO2/c1-14-9(13)12-8-6-10-4-2-3-5-11(8,10)7-10/h2-3,8H,4-7H2,1H3,(H,12,13). The Morgan fingerprint density at radius 3 is 3.00 bits per heavy atom. The van der Waals surface area contributed by atoms with Crippen LogP contribution in [0.4, 0.5) is 4.79 Å². The predicted octanol–water partition coefficient (Wildman–Crippen LogP) is 1.84. The Hall–Kier alpha value is -0.990. The zero-order valence-electron chi connectivity index (χ0n) is 8.38. The van der Waals surface area contributed by atoms with Gasteiger partial charge in [-0.05, 0) is 31.1 Å². The number of alkyl carbamates (subject to hydrolysis) is 1. The van der Waals surface area contributed by atoms with Crippen molar-refractivity contribution >= 4 is 6.09 Å². The van der Waals surface area contributed by atoms with Crippen LogP contribution in [0, 0.1) is 10.8 Å². The van der Waals surface area contributed by atoms with Crippen molar-refractivity contribution < 1.29 is 9.53 Å². The van der Waals surface area contributed by atoms with E-state index >= 15 is 0 Å². The van der Waals surface area contributed by atoms with E-state index in [1.54, 1.807) is 0 Å². The van der Waals surface area contributed by atoms with Gasteiger partial charge in [0.25, 0.3) is 0 Å². The van der Waals surface area contributed by atoms with Gasteiger partial charge >= 0.3 is 6.09 Å². The Balaban J connectivity index is 1.71. The molecule has 0 aromatic heterocycles. The number of ether oxygens (including phenoxy) is 1. The average Bonchev–Trinajstić information content (AvgIpc) is 2.78. The molecule has 0 aromatic rings. The van der Waals surface area contributed by atoms with Crippen LogP contribution in [0.5, 0.6) is 0 Å². The summed E-state index contributed by atoms with van der Waals surface area (Å²) in [6.45, 7) is 0. The van der Waals surface area contributed by atoms with Crippen LogP contribution in [0.15, 0.2) is 12.2 Å². The number of allylic oxidation sites excluding steroid dienone is 2. The van der Waals surface area contributed by atoms with Gasteiger partial charge in [0.1, 0.15) is 0 Å². The fourth-order valence-electron chi connectivity index (χ4n) is 3.57. The summed E-state index contributed by atoms with van der Waals surface area (Å²) < 4.78 is 4.63. The molecule has 0 spiro atoms. The van der Waals surface area contributed by atoms with Gasteiger partial charge in [0, 0.05) is 11.5 Å². The van der Waals surface area contributed by atoms with E-state index < -0.39 is 0 Å². The van der Waals surface area contributed by atoms with Gasteiger partial charge in [-0.25, -0.2) is 4.79 Å². The first-order valence-electron chi connectivity index (χ1n) is 5.22. The first kappa shape index (κ1) is 8.33. The number of amides is 1. The second kappa shape index (κ2) is 2.33. The van der Waals surface area contributed by atoms with Crippen molar-refractivity contribution in [1.82, 2.24) is 5.32 Å². The summed E-state index contributed by atoms with van der Waals surface area (Å²) in [6, 6.07) is 0.361. The number of rotatable bonds is 1. The molecule has 3 aliphatic carbocycles. The van der Waals surface area contributed by atoms with Crippen LogP contribution in [0.25, 0.3) is 0 Å². The minimum atomic E-state index is -0.278. The maximum absolute atomic E-state index is 11.1. The summed E-state index contributed by atoms with van der Waals surface area (Å²) in [7, 11) is 1.42. The molecular formula is C11H15NO2. The van der Waals surface area contributed by atoms with E-state index in [2.05, 4.69) is 22.2 Å². The number of methoxy groups -OCH3 is 1. The minimum Gasteiger partial charge on any atom is -0.453 e. The number of carbonyl (C=O) groups excluding carboxylic acids is 1. The molecule has 2 saturated carbocycles. The molecule has 14 heavy (non-hydrogen) atoms. The van der Waals surface area contributed by atoms with Gasteiger partial charge in [0.05, 0.1) is 7.11 Å². The van der Waals surface area contributed by atoms with Gasteiger partial charge in [-0.3, -0.25) is 0 Å². The summed E-state index contributed by atoms with van der Waals surface area (Å²) in [5.41, 5.74) is 0.976.